The normalized spacial score (nSPS) is 20.6. The topological polar surface area (TPSA) is 64.2 Å². The van der Waals surface area contributed by atoms with Crippen LogP contribution in [0.15, 0.2) is 16.9 Å². The van der Waals surface area contributed by atoms with Gasteiger partial charge in [-0.1, -0.05) is 5.16 Å². The fourth-order valence-electron chi connectivity index (χ4n) is 2.79. The van der Waals surface area contributed by atoms with E-state index >= 15 is 0 Å². The Morgan fingerprint density at radius 3 is 2.86 bits per heavy atom. The molecule has 112 valence electrons. The maximum atomic E-state index is 12.5. The van der Waals surface area contributed by atoms with Gasteiger partial charge in [0.2, 0.25) is 5.91 Å². The predicted octanol–water partition coefficient (Wildman–Crippen LogP) is 1.79. The van der Waals surface area contributed by atoms with Crippen LogP contribution in [0.5, 0.6) is 0 Å². The zero-order valence-electron chi connectivity index (χ0n) is 12.8. The first-order valence-corrected chi connectivity index (χ1v) is 7.12. The van der Waals surface area contributed by atoms with Crippen molar-refractivity contribution >= 4 is 5.91 Å². The summed E-state index contributed by atoms with van der Waals surface area (Å²) in [6.07, 6.45) is 4.76. The molecule has 0 aliphatic heterocycles. The summed E-state index contributed by atoms with van der Waals surface area (Å²) in [5.41, 5.74) is 3.01. The van der Waals surface area contributed by atoms with Gasteiger partial charge in [-0.05, 0) is 31.7 Å². The zero-order valence-corrected chi connectivity index (χ0v) is 12.8. The number of rotatable bonds is 4. The van der Waals surface area contributed by atoms with Crippen molar-refractivity contribution < 1.29 is 9.32 Å². The van der Waals surface area contributed by atoms with E-state index in [1.807, 2.05) is 40.3 Å². The average molecular weight is 288 g/mol. The quantitative estimate of drug-likeness (QED) is 0.860. The molecule has 0 unspecified atom stereocenters. The highest BCUT2D eigenvalue weighted by Gasteiger charge is 2.45. The lowest BCUT2D eigenvalue weighted by molar-refractivity contribution is -0.131. The fraction of sp³-hybridized carbons (Fsp3) is 0.533. The van der Waals surface area contributed by atoms with Crippen molar-refractivity contribution in [2.24, 2.45) is 13.0 Å². The minimum atomic E-state index is 0.0830. The van der Waals surface area contributed by atoms with E-state index < -0.39 is 0 Å². The molecule has 0 aromatic carbocycles. The minimum Gasteiger partial charge on any atom is -0.361 e. The fourth-order valence-corrected chi connectivity index (χ4v) is 2.79. The van der Waals surface area contributed by atoms with Crippen molar-refractivity contribution in [1.29, 1.82) is 0 Å². The van der Waals surface area contributed by atoms with Crippen LogP contribution in [-0.4, -0.2) is 32.8 Å². The number of hydrogen-bond donors (Lipinski definition) is 0. The van der Waals surface area contributed by atoms with E-state index in [4.69, 9.17) is 4.52 Å². The molecule has 6 heteroatoms. The van der Waals surface area contributed by atoms with Crippen molar-refractivity contribution in [2.45, 2.75) is 32.7 Å². The number of carbonyl (C=O) groups is 1. The Bertz CT molecular complexity index is 654. The van der Waals surface area contributed by atoms with Crippen molar-refractivity contribution in [1.82, 2.24) is 19.8 Å². The Hall–Kier alpha value is -2.11. The van der Waals surface area contributed by atoms with E-state index in [1.165, 1.54) is 0 Å². The summed E-state index contributed by atoms with van der Waals surface area (Å²) in [7, 11) is 3.74. The van der Waals surface area contributed by atoms with Gasteiger partial charge in [0.15, 0.2) is 0 Å². The summed E-state index contributed by atoms with van der Waals surface area (Å²) in [4.78, 5) is 14.3. The highest BCUT2D eigenvalue weighted by Crippen LogP contribution is 2.48. The van der Waals surface area contributed by atoms with Gasteiger partial charge in [0.1, 0.15) is 5.76 Å². The molecule has 1 aliphatic rings. The highest BCUT2D eigenvalue weighted by atomic mass is 16.5. The third-order valence-electron chi connectivity index (χ3n) is 4.21. The molecule has 0 saturated heterocycles. The van der Waals surface area contributed by atoms with Gasteiger partial charge in [-0.15, -0.1) is 0 Å². The molecule has 2 aromatic rings. The molecular weight excluding hydrogens is 268 g/mol. The Morgan fingerprint density at radius 2 is 2.29 bits per heavy atom. The Balaban J connectivity index is 1.64. The van der Waals surface area contributed by atoms with Crippen LogP contribution in [0.1, 0.15) is 34.9 Å². The first kappa shape index (κ1) is 13.9. The molecule has 1 fully saturated rings. The van der Waals surface area contributed by atoms with Crippen molar-refractivity contribution in [2.75, 3.05) is 7.05 Å². The third-order valence-corrected chi connectivity index (χ3v) is 4.21. The van der Waals surface area contributed by atoms with Crippen LogP contribution in [-0.2, 0) is 18.4 Å². The number of aromatic nitrogens is 3. The molecule has 21 heavy (non-hydrogen) atoms. The molecule has 0 N–H and O–H groups in total. The average Bonchev–Trinajstić information content (AvgIpc) is 3.05. The zero-order chi connectivity index (χ0) is 15.1. The standard InChI is InChI=1S/C15H20N4O2/c1-9-14(10(2)21-17-9)8-18(3)15(20)13-5-12(13)11-6-16-19(4)7-11/h6-7,12-13H,5,8H2,1-4H3/t12-,13+/m0/s1. The molecule has 0 bridgehead atoms. The maximum Gasteiger partial charge on any atom is 0.226 e. The van der Waals surface area contributed by atoms with Crippen LogP contribution < -0.4 is 0 Å². The Kier molecular flexibility index (Phi) is 3.31. The van der Waals surface area contributed by atoms with Crippen molar-refractivity contribution in [3.63, 3.8) is 0 Å². The highest BCUT2D eigenvalue weighted by molar-refractivity contribution is 5.82. The molecule has 3 rings (SSSR count). The van der Waals surface area contributed by atoms with Crippen LogP contribution in [0.4, 0.5) is 0 Å². The second-order valence-corrected chi connectivity index (χ2v) is 5.89. The number of nitrogens with zero attached hydrogens (tertiary/aromatic N) is 4. The lowest BCUT2D eigenvalue weighted by Gasteiger charge is -2.17. The number of carbonyl (C=O) groups excluding carboxylic acids is 1. The van der Waals surface area contributed by atoms with Gasteiger partial charge >= 0.3 is 0 Å². The molecule has 0 radical (unpaired) electrons. The molecular formula is C15H20N4O2. The molecule has 2 heterocycles. The molecule has 0 spiro atoms. The van der Waals surface area contributed by atoms with E-state index in [0.717, 1.165) is 29.0 Å². The van der Waals surface area contributed by atoms with E-state index in [0.29, 0.717) is 12.5 Å². The molecule has 2 atom stereocenters. The van der Waals surface area contributed by atoms with Gasteiger partial charge in [0.05, 0.1) is 18.4 Å². The summed E-state index contributed by atoms with van der Waals surface area (Å²) >= 11 is 0. The van der Waals surface area contributed by atoms with Gasteiger partial charge in [-0.25, -0.2) is 0 Å². The largest absolute Gasteiger partial charge is 0.361 e. The van der Waals surface area contributed by atoms with E-state index in [9.17, 15) is 4.79 Å². The number of amides is 1. The first-order valence-electron chi connectivity index (χ1n) is 7.12. The lowest BCUT2D eigenvalue weighted by Crippen LogP contribution is -2.28. The summed E-state index contributed by atoms with van der Waals surface area (Å²) in [5, 5.41) is 8.10. The summed E-state index contributed by atoms with van der Waals surface area (Å²) in [6.45, 7) is 4.33. The SMILES string of the molecule is Cc1noc(C)c1CN(C)C(=O)[C@@H]1C[C@H]1c1cnn(C)c1. The van der Waals surface area contributed by atoms with Gasteiger partial charge < -0.3 is 9.42 Å². The third kappa shape index (κ3) is 2.57. The van der Waals surface area contributed by atoms with E-state index in [1.54, 1.807) is 9.58 Å². The molecule has 1 amide bonds. The summed E-state index contributed by atoms with van der Waals surface area (Å²) < 4.78 is 6.93. The molecule has 1 saturated carbocycles. The van der Waals surface area contributed by atoms with E-state index in [2.05, 4.69) is 10.3 Å². The second kappa shape index (κ2) is 5.02. The Morgan fingerprint density at radius 1 is 1.52 bits per heavy atom. The molecule has 1 aliphatic carbocycles. The second-order valence-electron chi connectivity index (χ2n) is 5.89. The number of aryl methyl sites for hydroxylation is 3. The molecule has 6 nitrogen and oxygen atoms in total. The summed E-state index contributed by atoms with van der Waals surface area (Å²) in [5.74, 6) is 1.37. The predicted molar refractivity (Wildman–Crippen MR) is 76.5 cm³/mol. The lowest BCUT2D eigenvalue weighted by atomic mass is 10.1. The smallest absolute Gasteiger partial charge is 0.226 e. The summed E-state index contributed by atoms with van der Waals surface area (Å²) in [6, 6.07) is 0. The molecule has 2 aromatic heterocycles. The van der Waals surface area contributed by atoms with Crippen LogP contribution >= 0.6 is 0 Å². The first-order chi connectivity index (χ1) is 9.97. The van der Waals surface area contributed by atoms with Gasteiger partial charge in [0, 0.05) is 31.8 Å². The minimum absolute atomic E-state index is 0.0830. The van der Waals surface area contributed by atoms with Crippen LogP contribution in [0.3, 0.4) is 0 Å². The van der Waals surface area contributed by atoms with Gasteiger partial charge in [-0.2, -0.15) is 5.10 Å². The van der Waals surface area contributed by atoms with Crippen LogP contribution in [0, 0.1) is 19.8 Å². The van der Waals surface area contributed by atoms with E-state index in [-0.39, 0.29) is 11.8 Å². The van der Waals surface area contributed by atoms with Crippen molar-refractivity contribution in [3.8, 4) is 0 Å². The van der Waals surface area contributed by atoms with Gasteiger partial charge in [-0.3, -0.25) is 9.48 Å². The van der Waals surface area contributed by atoms with Crippen LogP contribution in [0.25, 0.3) is 0 Å². The van der Waals surface area contributed by atoms with Crippen LogP contribution in [0.2, 0.25) is 0 Å². The number of hydrogen-bond acceptors (Lipinski definition) is 4. The Labute approximate surface area is 123 Å². The van der Waals surface area contributed by atoms with Crippen molar-refractivity contribution in [3.05, 3.63) is 35.0 Å². The maximum absolute atomic E-state index is 12.5. The van der Waals surface area contributed by atoms with Gasteiger partial charge in [0.25, 0.3) is 0 Å². The monoisotopic (exact) mass is 288 g/mol.